The maximum Gasteiger partial charge on any atom is 0.131 e. The highest BCUT2D eigenvalue weighted by Crippen LogP contribution is 2.29. The normalized spacial score (nSPS) is 11.2. The van der Waals surface area contributed by atoms with Gasteiger partial charge in [0, 0.05) is 0 Å². The largest absolute Gasteiger partial charge is 0.496 e. The van der Waals surface area contributed by atoms with Crippen molar-refractivity contribution in [2.75, 3.05) is 14.2 Å². The monoisotopic (exact) mass is 193 g/mol. The number of benzene rings is 1. The molecule has 0 saturated heterocycles. The van der Waals surface area contributed by atoms with Crippen molar-refractivity contribution in [3.63, 3.8) is 0 Å². The summed E-state index contributed by atoms with van der Waals surface area (Å²) in [5, 5.41) is 0. The summed E-state index contributed by atoms with van der Waals surface area (Å²) in [6.45, 7) is 6.46. The summed E-state index contributed by atoms with van der Waals surface area (Å²) in [5.41, 5.74) is 1.28. The lowest BCUT2D eigenvalue weighted by Crippen LogP contribution is -2.11. The molecule has 0 spiro atoms. The summed E-state index contributed by atoms with van der Waals surface area (Å²) < 4.78 is 10.3. The first-order valence-electron chi connectivity index (χ1n) is 4.63. The van der Waals surface area contributed by atoms with E-state index in [0.29, 0.717) is 11.5 Å². The summed E-state index contributed by atoms with van der Waals surface area (Å²) in [5.74, 6) is 1.43. The maximum absolute atomic E-state index is 5.16. The van der Waals surface area contributed by atoms with E-state index in [9.17, 15) is 0 Å². The molecule has 0 unspecified atom stereocenters. The van der Waals surface area contributed by atoms with Crippen LogP contribution in [0, 0.1) is 6.07 Å². The van der Waals surface area contributed by atoms with Crippen molar-refractivity contribution in [2.45, 2.75) is 26.2 Å². The fourth-order valence-electron chi connectivity index (χ4n) is 1.17. The van der Waals surface area contributed by atoms with Gasteiger partial charge in [-0.15, -0.1) is 0 Å². The third-order valence-electron chi connectivity index (χ3n) is 2.13. The van der Waals surface area contributed by atoms with Gasteiger partial charge in [0.05, 0.1) is 20.3 Å². The van der Waals surface area contributed by atoms with Gasteiger partial charge in [-0.2, -0.15) is 0 Å². The second-order valence-electron chi connectivity index (χ2n) is 4.26. The van der Waals surface area contributed by atoms with Gasteiger partial charge in [0.1, 0.15) is 11.5 Å². The Balaban J connectivity index is 3.17. The molecule has 0 aliphatic heterocycles. The van der Waals surface area contributed by atoms with E-state index >= 15 is 0 Å². The second kappa shape index (κ2) is 3.91. The van der Waals surface area contributed by atoms with Crippen LogP contribution in [0.5, 0.6) is 11.5 Å². The van der Waals surface area contributed by atoms with E-state index in [1.165, 1.54) is 5.56 Å². The van der Waals surface area contributed by atoms with E-state index in [0.717, 1.165) is 0 Å². The van der Waals surface area contributed by atoms with Crippen LogP contribution in [0.3, 0.4) is 0 Å². The van der Waals surface area contributed by atoms with Crippen molar-refractivity contribution in [1.82, 2.24) is 0 Å². The van der Waals surface area contributed by atoms with Crippen molar-refractivity contribution in [3.8, 4) is 11.5 Å². The van der Waals surface area contributed by atoms with Gasteiger partial charge < -0.3 is 9.47 Å². The molecule has 1 radical (unpaired) electrons. The van der Waals surface area contributed by atoms with E-state index in [1.54, 1.807) is 14.2 Å². The fourth-order valence-corrected chi connectivity index (χ4v) is 1.17. The molecule has 2 nitrogen and oxygen atoms in total. The van der Waals surface area contributed by atoms with Gasteiger partial charge in [0.15, 0.2) is 0 Å². The average Bonchev–Trinajstić information content (AvgIpc) is 2.15. The van der Waals surface area contributed by atoms with Gasteiger partial charge in [-0.3, -0.25) is 0 Å². The van der Waals surface area contributed by atoms with E-state index in [2.05, 4.69) is 26.8 Å². The minimum Gasteiger partial charge on any atom is -0.496 e. The lowest BCUT2D eigenvalue weighted by Gasteiger charge is -2.20. The molecule has 0 amide bonds. The average molecular weight is 193 g/mol. The lowest BCUT2D eigenvalue weighted by atomic mass is 9.87. The van der Waals surface area contributed by atoms with Crippen molar-refractivity contribution < 1.29 is 9.47 Å². The summed E-state index contributed by atoms with van der Waals surface area (Å²) in [4.78, 5) is 0. The van der Waals surface area contributed by atoms with Crippen LogP contribution >= 0.6 is 0 Å². The zero-order valence-electron chi connectivity index (χ0n) is 9.47. The molecule has 0 aliphatic rings. The summed E-state index contributed by atoms with van der Waals surface area (Å²) >= 11 is 0. The molecule has 2 heteroatoms. The maximum atomic E-state index is 5.16. The van der Waals surface area contributed by atoms with Gasteiger partial charge in [0.2, 0.25) is 0 Å². The number of methoxy groups -OCH3 is 2. The summed E-state index contributed by atoms with van der Waals surface area (Å²) in [7, 11) is 3.27. The topological polar surface area (TPSA) is 18.5 Å². The SMILES string of the molecule is COc1[c]c(OC)cc(C(C)(C)C)c1. The standard InChI is InChI=1S/C12H17O2/c1-12(2,3)9-6-10(13-4)8-11(7-9)14-5/h6-7H,1-5H3. The highest BCUT2D eigenvalue weighted by atomic mass is 16.5. The molecule has 0 saturated carbocycles. The van der Waals surface area contributed by atoms with Gasteiger partial charge in [-0.05, 0) is 23.1 Å². The highest BCUT2D eigenvalue weighted by molar-refractivity contribution is 5.39. The van der Waals surface area contributed by atoms with Gasteiger partial charge >= 0.3 is 0 Å². The molecule has 0 heterocycles. The van der Waals surface area contributed by atoms with Crippen molar-refractivity contribution >= 4 is 0 Å². The molecule has 1 aromatic carbocycles. The van der Waals surface area contributed by atoms with Crippen LogP contribution in [0.4, 0.5) is 0 Å². The molecular weight excluding hydrogens is 176 g/mol. The molecule has 0 aromatic heterocycles. The van der Waals surface area contributed by atoms with Gasteiger partial charge in [-0.1, -0.05) is 20.8 Å². The van der Waals surface area contributed by atoms with E-state index in [1.807, 2.05) is 12.1 Å². The Morgan fingerprint density at radius 3 is 1.71 bits per heavy atom. The Kier molecular flexibility index (Phi) is 3.04. The zero-order valence-corrected chi connectivity index (χ0v) is 9.47. The predicted octanol–water partition coefficient (Wildman–Crippen LogP) is 2.80. The van der Waals surface area contributed by atoms with E-state index in [-0.39, 0.29) is 5.41 Å². The molecule has 0 bridgehead atoms. The van der Waals surface area contributed by atoms with Crippen LogP contribution in [0.1, 0.15) is 26.3 Å². The third-order valence-corrected chi connectivity index (χ3v) is 2.13. The van der Waals surface area contributed by atoms with Crippen LogP contribution in [-0.2, 0) is 5.41 Å². The Morgan fingerprint density at radius 2 is 1.43 bits per heavy atom. The Hall–Kier alpha value is -1.18. The van der Waals surface area contributed by atoms with Gasteiger partial charge in [-0.25, -0.2) is 0 Å². The Morgan fingerprint density at radius 1 is 1.00 bits per heavy atom. The first-order chi connectivity index (χ1) is 6.47. The number of hydrogen-bond donors (Lipinski definition) is 0. The quantitative estimate of drug-likeness (QED) is 0.719. The molecule has 0 atom stereocenters. The molecule has 1 aromatic rings. The lowest BCUT2D eigenvalue weighted by molar-refractivity contribution is 0.389. The molecule has 14 heavy (non-hydrogen) atoms. The van der Waals surface area contributed by atoms with E-state index in [4.69, 9.17) is 9.47 Å². The zero-order chi connectivity index (χ0) is 10.8. The van der Waals surface area contributed by atoms with Crippen molar-refractivity contribution in [3.05, 3.63) is 23.8 Å². The number of rotatable bonds is 2. The Bertz CT molecular complexity index is 288. The fraction of sp³-hybridized carbons (Fsp3) is 0.500. The summed E-state index contributed by atoms with van der Waals surface area (Å²) in [6, 6.07) is 6.99. The van der Waals surface area contributed by atoms with Crippen LogP contribution in [0.2, 0.25) is 0 Å². The first kappa shape index (κ1) is 10.9. The van der Waals surface area contributed by atoms with Gasteiger partial charge in [0.25, 0.3) is 0 Å². The first-order valence-corrected chi connectivity index (χ1v) is 4.63. The number of ether oxygens (including phenoxy) is 2. The third kappa shape index (κ3) is 2.41. The molecule has 77 valence electrons. The van der Waals surface area contributed by atoms with Crippen LogP contribution < -0.4 is 9.47 Å². The van der Waals surface area contributed by atoms with Crippen LogP contribution in [0.15, 0.2) is 12.1 Å². The molecule has 0 N–H and O–H groups in total. The van der Waals surface area contributed by atoms with Crippen LogP contribution in [-0.4, -0.2) is 14.2 Å². The second-order valence-corrected chi connectivity index (χ2v) is 4.26. The molecular formula is C12H17O2. The number of hydrogen-bond acceptors (Lipinski definition) is 2. The smallest absolute Gasteiger partial charge is 0.131 e. The van der Waals surface area contributed by atoms with Crippen LogP contribution in [0.25, 0.3) is 0 Å². The molecule has 1 rings (SSSR count). The summed E-state index contributed by atoms with van der Waals surface area (Å²) in [6.07, 6.45) is 0. The molecule has 0 aliphatic carbocycles. The van der Waals surface area contributed by atoms with Crippen molar-refractivity contribution in [2.24, 2.45) is 0 Å². The highest BCUT2D eigenvalue weighted by Gasteiger charge is 2.15. The Labute approximate surface area is 85.8 Å². The minimum absolute atomic E-state index is 0.0929. The molecule has 0 fully saturated rings. The van der Waals surface area contributed by atoms with Crippen molar-refractivity contribution in [1.29, 1.82) is 0 Å². The van der Waals surface area contributed by atoms with E-state index < -0.39 is 0 Å². The minimum atomic E-state index is 0.0929. The predicted molar refractivity (Wildman–Crippen MR) is 57.1 cm³/mol.